The number of esters is 1. The number of nitro benzene ring substituents is 1. The summed E-state index contributed by atoms with van der Waals surface area (Å²) in [5.74, 6) is 0.315. The van der Waals surface area contributed by atoms with Crippen molar-refractivity contribution in [2.45, 2.75) is 26.5 Å². The van der Waals surface area contributed by atoms with Gasteiger partial charge in [0.1, 0.15) is 6.61 Å². The van der Waals surface area contributed by atoms with E-state index in [1.54, 1.807) is 50.2 Å². The van der Waals surface area contributed by atoms with Gasteiger partial charge in [0.25, 0.3) is 11.2 Å². The van der Waals surface area contributed by atoms with Crippen molar-refractivity contribution in [3.8, 4) is 11.5 Å². The molecular formula is C31H27N3O7S. The number of fused-ring (bicyclic) bond motifs is 1. The summed E-state index contributed by atoms with van der Waals surface area (Å²) in [6.45, 7) is 3.85. The first-order chi connectivity index (χ1) is 20.3. The number of aromatic nitrogens is 1. The number of para-hydroxylation sites is 1. The third kappa shape index (κ3) is 5.59. The molecule has 0 aliphatic carbocycles. The summed E-state index contributed by atoms with van der Waals surface area (Å²) in [5.41, 5.74) is 1.89. The van der Waals surface area contributed by atoms with Gasteiger partial charge < -0.3 is 14.2 Å². The first-order valence-electron chi connectivity index (χ1n) is 13.1. The summed E-state index contributed by atoms with van der Waals surface area (Å²) in [6, 6.07) is 20.2. The number of nitrogens with zero attached hydrogens (tertiary/aromatic N) is 3. The Bertz CT molecular complexity index is 1880. The summed E-state index contributed by atoms with van der Waals surface area (Å²) in [5, 5.41) is 11.6. The third-order valence-electron chi connectivity index (χ3n) is 6.68. The number of rotatable bonds is 9. The maximum Gasteiger partial charge on any atom is 0.338 e. The van der Waals surface area contributed by atoms with E-state index in [0.29, 0.717) is 34.2 Å². The molecule has 0 saturated heterocycles. The lowest BCUT2D eigenvalue weighted by Gasteiger charge is -2.25. The Labute approximate surface area is 244 Å². The smallest absolute Gasteiger partial charge is 0.338 e. The summed E-state index contributed by atoms with van der Waals surface area (Å²) < 4.78 is 18.7. The molecule has 5 rings (SSSR count). The van der Waals surface area contributed by atoms with E-state index in [-0.39, 0.29) is 28.0 Å². The van der Waals surface area contributed by atoms with Gasteiger partial charge in [0, 0.05) is 6.07 Å². The van der Waals surface area contributed by atoms with E-state index in [1.807, 2.05) is 30.3 Å². The fraction of sp³-hybridized carbons (Fsp3) is 0.194. The molecule has 2 heterocycles. The van der Waals surface area contributed by atoms with Crippen LogP contribution in [0.5, 0.6) is 11.5 Å². The second-order valence-electron chi connectivity index (χ2n) is 9.30. The quantitative estimate of drug-likeness (QED) is 0.163. The molecule has 1 aliphatic rings. The number of nitro groups is 1. The minimum Gasteiger partial charge on any atom is -0.493 e. The number of thiazole rings is 1. The van der Waals surface area contributed by atoms with Crippen LogP contribution in [0.1, 0.15) is 36.6 Å². The van der Waals surface area contributed by atoms with E-state index >= 15 is 0 Å². The standard InChI is InChI=1S/C31H27N3O7S/c1-4-40-30(36)27-19(2)32-31-33(29(35)26(42-31)17-21-12-8-9-13-23(21)34(37)38)28(27)22-14-15-24(25(16-22)39-3)41-18-20-10-6-5-7-11-20/h5-17,28H,4,18H2,1-3H3/b26-17-. The molecule has 1 aromatic heterocycles. The van der Waals surface area contributed by atoms with Gasteiger partial charge in [-0.2, -0.15) is 0 Å². The van der Waals surface area contributed by atoms with Crippen molar-refractivity contribution in [2.75, 3.05) is 13.7 Å². The Morgan fingerprint density at radius 2 is 1.83 bits per heavy atom. The topological polar surface area (TPSA) is 122 Å². The number of hydrogen-bond acceptors (Lipinski definition) is 9. The van der Waals surface area contributed by atoms with E-state index in [1.165, 1.54) is 23.8 Å². The Kier molecular flexibility index (Phi) is 8.30. The van der Waals surface area contributed by atoms with Gasteiger partial charge in [0.2, 0.25) is 0 Å². The van der Waals surface area contributed by atoms with Crippen molar-refractivity contribution in [1.82, 2.24) is 4.57 Å². The monoisotopic (exact) mass is 585 g/mol. The van der Waals surface area contributed by atoms with Crippen LogP contribution in [-0.2, 0) is 16.1 Å². The highest BCUT2D eigenvalue weighted by atomic mass is 32.1. The zero-order valence-corrected chi connectivity index (χ0v) is 23.9. The molecule has 0 amide bonds. The van der Waals surface area contributed by atoms with Gasteiger partial charge in [-0.3, -0.25) is 19.5 Å². The van der Waals surface area contributed by atoms with E-state index < -0.39 is 22.5 Å². The minimum atomic E-state index is -0.884. The molecule has 11 heteroatoms. The summed E-state index contributed by atoms with van der Waals surface area (Å²) in [4.78, 5) is 43.1. The number of allylic oxidation sites excluding steroid dienone is 1. The SMILES string of the molecule is CCOC(=O)C1=C(C)N=c2s/c(=C\c3ccccc3[N+](=O)[O-])c(=O)n2C1c1ccc(OCc2ccccc2)c(OC)c1. The lowest BCUT2D eigenvalue weighted by atomic mass is 9.95. The number of benzene rings is 3. The molecule has 0 N–H and O–H groups in total. The molecule has 0 radical (unpaired) electrons. The fourth-order valence-corrected chi connectivity index (χ4v) is 5.77. The maximum absolute atomic E-state index is 13.9. The van der Waals surface area contributed by atoms with Crippen molar-refractivity contribution in [1.29, 1.82) is 0 Å². The largest absolute Gasteiger partial charge is 0.493 e. The zero-order chi connectivity index (χ0) is 29.8. The van der Waals surface area contributed by atoms with E-state index in [2.05, 4.69) is 4.99 Å². The van der Waals surface area contributed by atoms with Gasteiger partial charge in [-0.15, -0.1) is 0 Å². The van der Waals surface area contributed by atoms with Gasteiger partial charge in [0.15, 0.2) is 16.3 Å². The van der Waals surface area contributed by atoms with Crippen molar-refractivity contribution in [2.24, 2.45) is 4.99 Å². The second-order valence-corrected chi connectivity index (χ2v) is 10.3. The first kappa shape index (κ1) is 28.5. The molecule has 0 spiro atoms. The van der Waals surface area contributed by atoms with Crippen LogP contribution >= 0.6 is 11.3 Å². The average Bonchev–Trinajstić information content (AvgIpc) is 3.29. The lowest BCUT2D eigenvalue weighted by molar-refractivity contribution is -0.385. The molecule has 0 saturated carbocycles. The van der Waals surface area contributed by atoms with Gasteiger partial charge in [0.05, 0.1) is 46.0 Å². The number of methoxy groups -OCH3 is 1. The van der Waals surface area contributed by atoms with E-state index in [0.717, 1.165) is 16.9 Å². The number of carbonyl (C=O) groups excluding carboxylic acids is 1. The second kappa shape index (κ2) is 12.2. The van der Waals surface area contributed by atoms with Crippen LogP contribution in [0.3, 0.4) is 0 Å². The Morgan fingerprint density at radius 3 is 2.55 bits per heavy atom. The fourth-order valence-electron chi connectivity index (χ4n) is 4.73. The molecular weight excluding hydrogens is 558 g/mol. The first-order valence-corrected chi connectivity index (χ1v) is 13.9. The molecule has 1 atom stereocenters. The third-order valence-corrected chi connectivity index (χ3v) is 7.66. The van der Waals surface area contributed by atoms with E-state index in [4.69, 9.17) is 14.2 Å². The van der Waals surface area contributed by atoms with Crippen LogP contribution in [0.2, 0.25) is 0 Å². The normalized spacial score (nSPS) is 14.6. The molecule has 42 heavy (non-hydrogen) atoms. The van der Waals surface area contributed by atoms with Gasteiger partial charge in [-0.05, 0) is 49.2 Å². The molecule has 0 bridgehead atoms. The molecule has 3 aromatic carbocycles. The van der Waals surface area contributed by atoms with Crippen molar-refractivity contribution >= 4 is 29.1 Å². The molecule has 0 fully saturated rings. The van der Waals surface area contributed by atoms with Crippen LogP contribution in [0.15, 0.2) is 93.9 Å². The molecule has 4 aromatic rings. The number of carbonyl (C=O) groups is 1. The predicted molar refractivity (Wildman–Crippen MR) is 157 cm³/mol. The maximum atomic E-state index is 13.9. The summed E-state index contributed by atoms with van der Waals surface area (Å²) in [7, 11) is 1.51. The average molecular weight is 586 g/mol. The minimum absolute atomic E-state index is 0.126. The van der Waals surface area contributed by atoms with Gasteiger partial charge in [-0.25, -0.2) is 9.79 Å². The van der Waals surface area contributed by atoms with Crippen molar-refractivity contribution < 1.29 is 23.9 Å². The highest BCUT2D eigenvalue weighted by Crippen LogP contribution is 2.36. The Balaban J connectivity index is 1.64. The van der Waals surface area contributed by atoms with Crippen molar-refractivity contribution in [3.05, 3.63) is 131 Å². The highest BCUT2D eigenvalue weighted by Gasteiger charge is 2.34. The molecule has 1 unspecified atom stereocenters. The van der Waals surface area contributed by atoms with Crippen LogP contribution in [0.25, 0.3) is 6.08 Å². The predicted octanol–water partition coefficient (Wildman–Crippen LogP) is 4.29. The Morgan fingerprint density at radius 1 is 1.10 bits per heavy atom. The van der Waals surface area contributed by atoms with Crippen LogP contribution in [-0.4, -0.2) is 29.2 Å². The summed E-state index contributed by atoms with van der Waals surface area (Å²) in [6.07, 6.45) is 1.48. The van der Waals surface area contributed by atoms with Gasteiger partial charge >= 0.3 is 5.97 Å². The van der Waals surface area contributed by atoms with E-state index in [9.17, 15) is 19.7 Å². The molecule has 214 valence electrons. The number of ether oxygens (including phenoxy) is 3. The Hall–Kier alpha value is -5.03. The van der Waals surface area contributed by atoms with Crippen LogP contribution in [0.4, 0.5) is 5.69 Å². The molecule has 1 aliphatic heterocycles. The van der Waals surface area contributed by atoms with Gasteiger partial charge in [-0.1, -0.05) is 59.9 Å². The van der Waals surface area contributed by atoms with Crippen LogP contribution < -0.4 is 24.4 Å². The molecule has 10 nitrogen and oxygen atoms in total. The highest BCUT2D eigenvalue weighted by molar-refractivity contribution is 7.07. The zero-order valence-electron chi connectivity index (χ0n) is 23.1. The summed E-state index contributed by atoms with van der Waals surface area (Å²) >= 11 is 1.09. The van der Waals surface area contributed by atoms with Crippen molar-refractivity contribution in [3.63, 3.8) is 0 Å². The number of hydrogen-bond donors (Lipinski definition) is 0. The lowest BCUT2D eigenvalue weighted by Crippen LogP contribution is -2.40. The van der Waals surface area contributed by atoms with Crippen LogP contribution in [0, 0.1) is 10.1 Å².